The summed E-state index contributed by atoms with van der Waals surface area (Å²) < 4.78 is 5.21. The summed E-state index contributed by atoms with van der Waals surface area (Å²) in [6.07, 6.45) is 6.03. The Labute approximate surface area is 86.1 Å². The minimum Gasteiger partial charge on any atom is -0.424 e. The Kier molecular flexibility index (Phi) is 16.4. The molecule has 1 saturated heterocycles. The Hall–Kier alpha value is 0.345. The zero-order chi connectivity index (χ0) is 7.66. The van der Waals surface area contributed by atoms with Crippen molar-refractivity contribution in [1.82, 2.24) is 0 Å². The summed E-state index contributed by atoms with van der Waals surface area (Å²) in [5.74, 6) is 0. The Bertz CT molecular complexity index is 74.6. The van der Waals surface area contributed by atoms with E-state index in [1.807, 2.05) is 0 Å². The molecule has 0 aromatic heterocycles. The summed E-state index contributed by atoms with van der Waals surface area (Å²) in [4.78, 5) is 0. The van der Waals surface area contributed by atoms with E-state index >= 15 is 0 Å². The van der Waals surface area contributed by atoms with Crippen LogP contribution in [-0.4, -0.2) is 16.4 Å². The second-order valence-corrected chi connectivity index (χ2v) is 3.67. The molecular weight excluding hydrogens is 335 g/mol. The molecule has 11 heavy (non-hydrogen) atoms. The van der Waals surface area contributed by atoms with E-state index in [2.05, 4.69) is 13.2 Å². The van der Waals surface area contributed by atoms with Gasteiger partial charge in [-0.05, 0) is 12.5 Å². The SMILES string of the molecule is C1CC[SiH2]OC1.C=CC=C.[Pt]. The van der Waals surface area contributed by atoms with Crippen LogP contribution in [0.2, 0.25) is 6.04 Å². The average molecular weight is 351 g/mol. The van der Waals surface area contributed by atoms with E-state index in [4.69, 9.17) is 4.43 Å². The fraction of sp³-hybridized carbons (Fsp3) is 0.500. The Morgan fingerprint density at radius 3 is 1.91 bits per heavy atom. The second-order valence-electron chi connectivity index (χ2n) is 2.14. The van der Waals surface area contributed by atoms with Crippen molar-refractivity contribution in [2.75, 3.05) is 6.61 Å². The summed E-state index contributed by atoms with van der Waals surface area (Å²) >= 11 is 0. The number of hydrogen-bond donors (Lipinski definition) is 0. The Balaban J connectivity index is 0. The standard InChI is InChI=1S/C4H10OSi.C4H6.Pt/c1-2-4-6-5-3-1;1-3-4-2;/h1-4,6H2;3-4H,1-2H2;. The van der Waals surface area contributed by atoms with Gasteiger partial charge in [0, 0.05) is 27.7 Å². The van der Waals surface area contributed by atoms with E-state index in [0.717, 1.165) is 6.61 Å². The monoisotopic (exact) mass is 351 g/mol. The molecule has 0 saturated carbocycles. The summed E-state index contributed by atoms with van der Waals surface area (Å²) in [6, 6.07) is 1.42. The molecule has 1 aliphatic rings. The topological polar surface area (TPSA) is 9.23 Å². The molecule has 0 amide bonds. The maximum absolute atomic E-state index is 5.21. The van der Waals surface area contributed by atoms with Gasteiger partial charge in [-0.15, -0.1) is 0 Å². The van der Waals surface area contributed by atoms with Crippen LogP contribution in [0.1, 0.15) is 12.8 Å². The van der Waals surface area contributed by atoms with E-state index in [-0.39, 0.29) is 30.8 Å². The fourth-order valence-electron chi connectivity index (χ4n) is 0.687. The van der Waals surface area contributed by atoms with Gasteiger partial charge in [-0.1, -0.05) is 31.7 Å². The van der Waals surface area contributed by atoms with Crippen LogP contribution in [0.3, 0.4) is 0 Å². The fourth-order valence-corrected chi connectivity index (χ4v) is 1.86. The van der Waals surface area contributed by atoms with E-state index in [1.165, 1.54) is 18.9 Å². The zero-order valence-corrected chi connectivity index (χ0v) is 10.5. The zero-order valence-electron chi connectivity index (χ0n) is 6.83. The molecule has 0 spiro atoms. The molecule has 0 radical (unpaired) electrons. The van der Waals surface area contributed by atoms with E-state index in [0.29, 0.717) is 0 Å². The van der Waals surface area contributed by atoms with Crippen LogP contribution >= 0.6 is 0 Å². The van der Waals surface area contributed by atoms with Crippen molar-refractivity contribution in [3.8, 4) is 0 Å². The first-order valence-electron chi connectivity index (χ1n) is 3.73. The van der Waals surface area contributed by atoms with Gasteiger partial charge in [-0.3, -0.25) is 0 Å². The molecule has 1 heterocycles. The molecule has 1 rings (SSSR count). The van der Waals surface area contributed by atoms with Gasteiger partial charge in [0.15, 0.2) is 9.76 Å². The van der Waals surface area contributed by atoms with Gasteiger partial charge < -0.3 is 4.43 Å². The van der Waals surface area contributed by atoms with E-state index < -0.39 is 0 Å². The minimum absolute atomic E-state index is 0. The Morgan fingerprint density at radius 1 is 1.18 bits per heavy atom. The maximum atomic E-state index is 5.21. The normalized spacial score (nSPS) is 17.1. The van der Waals surface area contributed by atoms with Crippen LogP contribution in [0, 0.1) is 0 Å². The largest absolute Gasteiger partial charge is 0.424 e. The van der Waals surface area contributed by atoms with Gasteiger partial charge in [-0.2, -0.15) is 0 Å². The maximum Gasteiger partial charge on any atom is 0.161 e. The predicted octanol–water partition coefficient (Wildman–Crippen LogP) is 1.65. The number of hydrogen-bond acceptors (Lipinski definition) is 1. The average Bonchev–Trinajstić information content (AvgIpc) is 2.08. The predicted molar refractivity (Wildman–Crippen MR) is 48.9 cm³/mol. The molecule has 0 aromatic carbocycles. The summed E-state index contributed by atoms with van der Waals surface area (Å²) in [6.45, 7) is 7.78. The third kappa shape index (κ3) is 13.4. The molecule has 0 atom stereocenters. The van der Waals surface area contributed by atoms with Gasteiger partial charge in [0.05, 0.1) is 0 Å². The minimum atomic E-state index is 0. The molecular formula is C8H16OPtSi. The van der Waals surface area contributed by atoms with Crippen LogP contribution in [0.5, 0.6) is 0 Å². The van der Waals surface area contributed by atoms with Crippen LogP contribution in [0.4, 0.5) is 0 Å². The van der Waals surface area contributed by atoms with Crippen LogP contribution in [-0.2, 0) is 25.5 Å². The van der Waals surface area contributed by atoms with Gasteiger partial charge in [0.1, 0.15) is 0 Å². The first-order chi connectivity index (χ1) is 4.91. The van der Waals surface area contributed by atoms with Crippen LogP contribution in [0.25, 0.3) is 0 Å². The van der Waals surface area contributed by atoms with Gasteiger partial charge in [0.2, 0.25) is 0 Å². The molecule has 3 heteroatoms. The van der Waals surface area contributed by atoms with Gasteiger partial charge >= 0.3 is 0 Å². The molecule has 0 bridgehead atoms. The van der Waals surface area contributed by atoms with Crippen molar-refractivity contribution in [2.45, 2.75) is 18.9 Å². The molecule has 0 aromatic rings. The molecule has 1 nitrogen and oxygen atoms in total. The molecule has 1 fully saturated rings. The van der Waals surface area contributed by atoms with E-state index in [9.17, 15) is 0 Å². The van der Waals surface area contributed by atoms with Crippen molar-refractivity contribution < 1.29 is 25.5 Å². The van der Waals surface area contributed by atoms with Crippen molar-refractivity contribution in [1.29, 1.82) is 0 Å². The second kappa shape index (κ2) is 13.0. The van der Waals surface area contributed by atoms with Crippen molar-refractivity contribution in [2.24, 2.45) is 0 Å². The Morgan fingerprint density at radius 2 is 1.82 bits per heavy atom. The third-order valence-corrected chi connectivity index (χ3v) is 2.61. The molecule has 1 aliphatic heterocycles. The third-order valence-electron chi connectivity index (χ3n) is 1.24. The summed E-state index contributed by atoms with van der Waals surface area (Å²) in [5.41, 5.74) is 0. The quantitative estimate of drug-likeness (QED) is 0.516. The van der Waals surface area contributed by atoms with Crippen LogP contribution < -0.4 is 0 Å². The number of allylic oxidation sites excluding steroid dienone is 2. The first-order valence-corrected chi connectivity index (χ1v) is 5.30. The summed E-state index contributed by atoms with van der Waals surface area (Å²) in [7, 11) is 0.00849. The molecule has 0 unspecified atom stereocenters. The van der Waals surface area contributed by atoms with Gasteiger partial charge in [-0.25, -0.2) is 0 Å². The van der Waals surface area contributed by atoms with Crippen molar-refractivity contribution in [3.05, 3.63) is 25.3 Å². The summed E-state index contributed by atoms with van der Waals surface area (Å²) in [5, 5.41) is 0. The van der Waals surface area contributed by atoms with Crippen molar-refractivity contribution in [3.63, 3.8) is 0 Å². The van der Waals surface area contributed by atoms with Crippen LogP contribution in [0.15, 0.2) is 25.3 Å². The van der Waals surface area contributed by atoms with Gasteiger partial charge in [0.25, 0.3) is 0 Å². The van der Waals surface area contributed by atoms with E-state index in [1.54, 1.807) is 12.2 Å². The van der Waals surface area contributed by atoms with Crippen molar-refractivity contribution >= 4 is 9.76 Å². The first kappa shape index (κ1) is 13.9. The molecule has 0 aliphatic carbocycles. The number of rotatable bonds is 1. The smallest absolute Gasteiger partial charge is 0.161 e. The molecule has 0 N–H and O–H groups in total. The molecule has 68 valence electrons.